The number of carbonyl (C=O) groups excluding carboxylic acids is 2. The summed E-state index contributed by atoms with van der Waals surface area (Å²) in [6.07, 6.45) is 0. The number of benzene rings is 1. The van der Waals surface area contributed by atoms with Crippen LogP contribution in [-0.4, -0.2) is 46.9 Å². The molecule has 0 aliphatic carbocycles. The topological polar surface area (TPSA) is 86.7 Å². The molecule has 2 amide bonds. The van der Waals surface area contributed by atoms with Crippen molar-refractivity contribution in [3.63, 3.8) is 0 Å². The van der Waals surface area contributed by atoms with Crippen LogP contribution in [0.2, 0.25) is 0 Å². The highest BCUT2D eigenvalue weighted by atomic mass is 16.4. The fourth-order valence-electron chi connectivity index (χ4n) is 1.42. The molecular formula is C14H18N2O4. The lowest BCUT2D eigenvalue weighted by molar-refractivity contribution is -0.154. The molecule has 0 saturated heterocycles. The van der Waals surface area contributed by atoms with Crippen LogP contribution in [0.3, 0.4) is 0 Å². The fourth-order valence-corrected chi connectivity index (χ4v) is 1.42. The van der Waals surface area contributed by atoms with E-state index >= 15 is 0 Å². The average Bonchev–Trinajstić information content (AvgIpc) is 2.44. The van der Waals surface area contributed by atoms with Gasteiger partial charge < -0.3 is 15.3 Å². The van der Waals surface area contributed by atoms with Crippen LogP contribution >= 0.6 is 0 Å². The van der Waals surface area contributed by atoms with Crippen molar-refractivity contribution < 1.29 is 19.5 Å². The quantitative estimate of drug-likeness (QED) is 0.831. The van der Waals surface area contributed by atoms with E-state index in [1.165, 1.54) is 20.9 Å². The lowest BCUT2D eigenvalue weighted by Gasteiger charge is -2.31. The first-order chi connectivity index (χ1) is 9.26. The number of nitrogens with one attached hydrogen (secondary N) is 1. The molecule has 0 spiro atoms. The highest BCUT2D eigenvalue weighted by Gasteiger charge is 2.34. The predicted molar refractivity (Wildman–Crippen MR) is 73.3 cm³/mol. The molecule has 20 heavy (non-hydrogen) atoms. The molecule has 108 valence electrons. The van der Waals surface area contributed by atoms with Gasteiger partial charge in [-0.15, -0.1) is 0 Å². The molecule has 6 nitrogen and oxygen atoms in total. The Morgan fingerprint density at radius 3 is 2.25 bits per heavy atom. The van der Waals surface area contributed by atoms with Crippen LogP contribution in [0.15, 0.2) is 30.3 Å². The van der Waals surface area contributed by atoms with Crippen LogP contribution in [0.4, 0.5) is 0 Å². The normalized spacial score (nSPS) is 10.8. The number of rotatable bonds is 5. The van der Waals surface area contributed by atoms with E-state index in [1.807, 2.05) is 0 Å². The van der Waals surface area contributed by atoms with E-state index in [4.69, 9.17) is 5.11 Å². The van der Waals surface area contributed by atoms with Gasteiger partial charge in [0.05, 0.1) is 6.54 Å². The van der Waals surface area contributed by atoms with Gasteiger partial charge in [0.25, 0.3) is 5.91 Å². The molecule has 2 N–H and O–H groups in total. The summed E-state index contributed by atoms with van der Waals surface area (Å²) in [5, 5.41) is 11.5. The van der Waals surface area contributed by atoms with Gasteiger partial charge in [0.1, 0.15) is 5.54 Å². The number of carboxylic acids is 1. The van der Waals surface area contributed by atoms with Crippen LogP contribution in [0.25, 0.3) is 0 Å². The molecule has 0 unspecified atom stereocenters. The summed E-state index contributed by atoms with van der Waals surface area (Å²) >= 11 is 0. The van der Waals surface area contributed by atoms with Gasteiger partial charge in [-0.1, -0.05) is 18.2 Å². The van der Waals surface area contributed by atoms with Gasteiger partial charge in [-0.05, 0) is 26.0 Å². The Morgan fingerprint density at radius 1 is 1.20 bits per heavy atom. The Hall–Kier alpha value is -2.37. The van der Waals surface area contributed by atoms with Gasteiger partial charge in [-0.3, -0.25) is 9.59 Å². The zero-order valence-electron chi connectivity index (χ0n) is 11.7. The molecule has 0 fully saturated rings. The molecule has 0 atom stereocenters. The number of amides is 2. The first kappa shape index (κ1) is 15.7. The van der Waals surface area contributed by atoms with Crippen molar-refractivity contribution in [1.82, 2.24) is 10.2 Å². The Bertz CT molecular complexity index is 511. The predicted octanol–water partition coefficient (Wildman–Crippen LogP) is 0.738. The monoisotopic (exact) mass is 278 g/mol. The number of carbonyl (C=O) groups is 3. The Kier molecular flexibility index (Phi) is 4.85. The van der Waals surface area contributed by atoms with E-state index in [1.54, 1.807) is 30.3 Å². The van der Waals surface area contributed by atoms with Crippen LogP contribution < -0.4 is 5.32 Å². The smallest absolute Gasteiger partial charge is 0.329 e. The van der Waals surface area contributed by atoms with Crippen molar-refractivity contribution >= 4 is 17.8 Å². The molecular weight excluding hydrogens is 260 g/mol. The number of nitrogens with zero attached hydrogens (tertiary/aromatic N) is 1. The molecule has 0 radical (unpaired) electrons. The van der Waals surface area contributed by atoms with E-state index in [-0.39, 0.29) is 12.5 Å². The third-order valence-corrected chi connectivity index (χ3v) is 3.17. The Morgan fingerprint density at radius 2 is 1.75 bits per heavy atom. The van der Waals surface area contributed by atoms with E-state index < -0.39 is 17.4 Å². The van der Waals surface area contributed by atoms with Crippen LogP contribution in [0, 0.1) is 0 Å². The number of likely N-dealkylation sites (N-methyl/N-ethyl adjacent to an activating group) is 1. The summed E-state index contributed by atoms with van der Waals surface area (Å²) < 4.78 is 0. The lowest BCUT2D eigenvalue weighted by Crippen LogP contribution is -2.53. The first-order valence-corrected chi connectivity index (χ1v) is 6.10. The molecule has 0 aromatic heterocycles. The fraction of sp³-hybridized carbons (Fsp3) is 0.357. The maximum Gasteiger partial charge on any atom is 0.329 e. The molecule has 1 aromatic carbocycles. The van der Waals surface area contributed by atoms with Crippen molar-refractivity contribution in [3.05, 3.63) is 35.9 Å². The van der Waals surface area contributed by atoms with Gasteiger partial charge in [0, 0.05) is 12.6 Å². The van der Waals surface area contributed by atoms with Gasteiger partial charge in [0.15, 0.2) is 0 Å². The van der Waals surface area contributed by atoms with Crippen LogP contribution in [0.1, 0.15) is 24.2 Å². The van der Waals surface area contributed by atoms with Crippen molar-refractivity contribution in [3.8, 4) is 0 Å². The molecule has 6 heteroatoms. The summed E-state index contributed by atoms with van der Waals surface area (Å²) in [7, 11) is 1.39. The minimum Gasteiger partial charge on any atom is -0.480 e. The standard InChI is InChI=1S/C14H18N2O4/c1-14(2,13(19)20)16(3)11(17)9-15-12(18)10-7-5-4-6-8-10/h4-8H,9H2,1-3H3,(H,15,18)(H,19,20). The lowest BCUT2D eigenvalue weighted by atomic mass is 10.0. The molecule has 0 saturated carbocycles. The van der Waals surface area contributed by atoms with E-state index in [9.17, 15) is 14.4 Å². The molecule has 1 aromatic rings. The van der Waals surface area contributed by atoms with E-state index in [2.05, 4.69) is 5.32 Å². The van der Waals surface area contributed by atoms with E-state index in [0.717, 1.165) is 4.90 Å². The highest BCUT2D eigenvalue weighted by molar-refractivity contribution is 5.97. The second-order valence-electron chi connectivity index (χ2n) is 4.87. The summed E-state index contributed by atoms with van der Waals surface area (Å²) in [4.78, 5) is 35.8. The molecule has 0 heterocycles. The van der Waals surface area contributed by atoms with Gasteiger partial charge >= 0.3 is 5.97 Å². The van der Waals surface area contributed by atoms with Crippen LogP contribution in [-0.2, 0) is 9.59 Å². The largest absolute Gasteiger partial charge is 0.480 e. The summed E-state index contributed by atoms with van der Waals surface area (Å²) in [6.45, 7) is 2.60. The highest BCUT2D eigenvalue weighted by Crippen LogP contribution is 2.12. The van der Waals surface area contributed by atoms with Crippen LogP contribution in [0.5, 0.6) is 0 Å². The number of hydrogen-bond acceptors (Lipinski definition) is 3. The number of carboxylic acid groups (broad SMARTS) is 1. The maximum absolute atomic E-state index is 11.9. The zero-order valence-corrected chi connectivity index (χ0v) is 11.7. The summed E-state index contributed by atoms with van der Waals surface area (Å²) in [5.74, 6) is -1.95. The molecule has 1 rings (SSSR count). The summed E-state index contributed by atoms with van der Waals surface area (Å²) in [5.41, 5.74) is -0.880. The maximum atomic E-state index is 11.9. The number of aliphatic carboxylic acids is 1. The third kappa shape index (κ3) is 3.57. The van der Waals surface area contributed by atoms with E-state index in [0.29, 0.717) is 5.56 Å². The zero-order chi connectivity index (χ0) is 15.3. The minimum atomic E-state index is -1.32. The minimum absolute atomic E-state index is 0.249. The second-order valence-corrected chi connectivity index (χ2v) is 4.87. The Labute approximate surface area is 117 Å². The van der Waals surface area contributed by atoms with Crippen molar-refractivity contribution in [2.45, 2.75) is 19.4 Å². The van der Waals surface area contributed by atoms with Crippen molar-refractivity contribution in [1.29, 1.82) is 0 Å². The third-order valence-electron chi connectivity index (χ3n) is 3.17. The van der Waals surface area contributed by atoms with Crippen molar-refractivity contribution in [2.24, 2.45) is 0 Å². The summed E-state index contributed by atoms with van der Waals surface area (Å²) in [6, 6.07) is 8.48. The second kappa shape index (κ2) is 6.18. The molecule has 0 bridgehead atoms. The molecule has 0 aliphatic rings. The first-order valence-electron chi connectivity index (χ1n) is 6.10. The Balaban J connectivity index is 2.60. The van der Waals surface area contributed by atoms with Gasteiger partial charge in [0.2, 0.25) is 5.91 Å². The van der Waals surface area contributed by atoms with Gasteiger partial charge in [-0.2, -0.15) is 0 Å². The van der Waals surface area contributed by atoms with Gasteiger partial charge in [-0.25, -0.2) is 4.79 Å². The SMILES string of the molecule is CN(C(=O)CNC(=O)c1ccccc1)C(C)(C)C(=O)O. The van der Waals surface area contributed by atoms with Crippen molar-refractivity contribution in [2.75, 3.05) is 13.6 Å². The average molecular weight is 278 g/mol. The molecule has 0 aliphatic heterocycles. The number of hydrogen-bond donors (Lipinski definition) is 2.